The minimum atomic E-state index is -0.260. The lowest BCUT2D eigenvalue weighted by molar-refractivity contribution is 0.461. The van der Waals surface area contributed by atoms with Gasteiger partial charge in [-0.1, -0.05) is 6.92 Å². The summed E-state index contributed by atoms with van der Waals surface area (Å²) in [5.41, 5.74) is 7.07. The van der Waals surface area contributed by atoms with E-state index in [1.165, 1.54) is 12.1 Å². The van der Waals surface area contributed by atoms with Gasteiger partial charge in [0.15, 0.2) is 0 Å². The number of oxazole rings is 1. The van der Waals surface area contributed by atoms with E-state index in [0.29, 0.717) is 5.89 Å². The lowest BCUT2D eigenvalue weighted by Gasteiger charge is -1.98. The van der Waals surface area contributed by atoms with Crippen molar-refractivity contribution in [1.29, 1.82) is 0 Å². The lowest BCUT2D eigenvalue weighted by Crippen LogP contribution is -1.95. The molecule has 4 heteroatoms. The first-order valence-corrected chi connectivity index (χ1v) is 5.19. The van der Waals surface area contributed by atoms with Gasteiger partial charge in [0.1, 0.15) is 17.3 Å². The predicted octanol–water partition coefficient (Wildman–Crippen LogP) is 2.50. The summed E-state index contributed by atoms with van der Waals surface area (Å²) in [6.45, 7) is 2.25. The molecule has 0 bridgehead atoms. The van der Waals surface area contributed by atoms with E-state index in [-0.39, 0.29) is 12.4 Å². The Morgan fingerprint density at radius 1 is 1.31 bits per heavy atom. The molecule has 0 aliphatic carbocycles. The predicted molar refractivity (Wildman–Crippen MR) is 59.2 cm³/mol. The molecular weight excluding hydrogens is 207 g/mol. The van der Waals surface area contributed by atoms with Crippen LogP contribution in [0.15, 0.2) is 28.7 Å². The van der Waals surface area contributed by atoms with Crippen molar-refractivity contribution < 1.29 is 8.81 Å². The number of benzene rings is 1. The molecule has 0 atom stereocenters. The van der Waals surface area contributed by atoms with Crippen LogP contribution in [0.1, 0.15) is 18.6 Å². The Morgan fingerprint density at radius 3 is 2.56 bits per heavy atom. The molecule has 0 unspecified atom stereocenters. The van der Waals surface area contributed by atoms with E-state index in [0.717, 1.165) is 23.4 Å². The van der Waals surface area contributed by atoms with Crippen LogP contribution in [-0.4, -0.2) is 4.98 Å². The second kappa shape index (κ2) is 4.45. The molecule has 3 nitrogen and oxygen atoms in total. The molecule has 2 N–H and O–H groups in total. The molecule has 0 saturated heterocycles. The van der Waals surface area contributed by atoms with E-state index >= 15 is 0 Å². The van der Waals surface area contributed by atoms with Crippen molar-refractivity contribution in [2.45, 2.75) is 19.9 Å². The number of hydrogen-bond donors (Lipinski definition) is 1. The maximum atomic E-state index is 12.8. The molecular formula is C12H13FN2O. The largest absolute Gasteiger partial charge is 0.444 e. The van der Waals surface area contributed by atoms with E-state index < -0.39 is 0 Å². The number of nitrogens with two attached hydrogens (primary N) is 1. The van der Waals surface area contributed by atoms with Crippen LogP contribution in [0.5, 0.6) is 0 Å². The molecule has 16 heavy (non-hydrogen) atoms. The third kappa shape index (κ3) is 1.97. The van der Waals surface area contributed by atoms with Gasteiger partial charge in [-0.2, -0.15) is 0 Å². The third-order valence-electron chi connectivity index (χ3n) is 2.36. The molecule has 0 fully saturated rings. The number of aromatic nitrogens is 1. The molecule has 1 aromatic heterocycles. The molecule has 2 rings (SSSR count). The molecule has 0 spiro atoms. The van der Waals surface area contributed by atoms with Crippen molar-refractivity contribution >= 4 is 0 Å². The third-order valence-corrected chi connectivity index (χ3v) is 2.36. The van der Waals surface area contributed by atoms with Gasteiger partial charge in [-0.05, 0) is 24.3 Å². The second-order valence-electron chi connectivity index (χ2n) is 3.44. The fourth-order valence-electron chi connectivity index (χ4n) is 1.56. The van der Waals surface area contributed by atoms with Crippen molar-refractivity contribution in [3.05, 3.63) is 41.7 Å². The molecule has 1 aromatic carbocycles. The van der Waals surface area contributed by atoms with Gasteiger partial charge in [0.25, 0.3) is 0 Å². The number of rotatable bonds is 3. The monoisotopic (exact) mass is 220 g/mol. The summed E-state index contributed by atoms with van der Waals surface area (Å²) in [5.74, 6) is 1.03. The fourth-order valence-corrected chi connectivity index (χ4v) is 1.56. The summed E-state index contributed by atoms with van der Waals surface area (Å²) in [7, 11) is 0. The molecule has 2 aromatic rings. The van der Waals surface area contributed by atoms with E-state index in [9.17, 15) is 4.39 Å². The Morgan fingerprint density at radius 2 is 2.00 bits per heavy atom. The van der Waals surface area contributed by atoms with Crippen molar-refractivity contribution in [3.63, 3.8) is 0 Å². The smallest absolute Gasteiger partial charge is 0.208 e. The molecule has 0 aliphatic rings. The zero-order valence-corrected chi connectivity index (χ0v) is 9.03. The van der Waals surface area contributed by atoms with Crippen LogP contribution in [0.2, 0.25) is 0 Å². The topological polar surface area (TPSA) is 52.0 Å². The van der Waals surface area contributed by atoms with Crippen LogP contribution >= 0.6 is 0 Å². The summed E-state index contributed by atoms with van der Waals surface area (Å²) >= 11 is 0. The zero-order chi connectivity index (χ0) is 11.5. The van der Waals surface area contributed by atoms with Crippen LogP contribution in [0.25, 0.3) is 11.3 Å². The van der Waals surface area contributed by atoms with Gasteiger partial charge >= 0.3 is 0 Å². The summed E-state index contributed by atoms with van der Waals surface area (Å²) in [6, 6.07) is 6.19. The van der Waals surface area contributed by atoms with Gasteiger partial charge < -0.3 is 10.2 Å². The van der Waals surface area contributed by atoms with Gasteiger partial charge in [-0.15, -0.1) is 0 Å². The summed E-state index contributed by atoms with van der Waals surface area (Å²) in [5, 5.41) is 0. The normalized spacial score (nSPS) is 10.7. The maximum Gasteiger partial charge on any atom is 0.208 e. The standard InChI is InChI=1S/C12H13FN2O/c1-2-10-12(15-11(7-14)16-10)8-3-5-9(13)6-4-8/h3-6H,2,7,14H2,1H3. The number of aryl methyl sites for hydroxylation is 1. The minimum Gasteiger partial charge on any atom is -0.444 e. The highest BCUT2D eigenvalue weighted by molar-refractivity contribution is 5.61. The number of halogens is 1. The summed E-state index contributed by atoms with van der Waals surface area (Å²) in [4.78, 5) is 4.29. The molecule has 0 aliphatic heterocycles. The van der Waals surface area contributed by atoms with E-state index in [4.69, 9.17) is 10.2 Å². The van der Waals surface area contributed by atoms with Gasteiger partial charge in [0.2, 0.25) is 5.89 Å². The molecule has 0 amide bonds. The highest BCUT2D eigenvalue weighted by Crippen LogP contribution is 2.24. The first-order chi connectivity index (χ1) is 7.74. The van der Waals surface area contributed by atoms with Crippen LogP contribution < -0.4 is 5.73 Å². The van der Waals surface area contributed by atoms with E-state index in [1.807, 2.05) is 6.92 Å². The highest BCUT2D eigenvalue weighted by Gasteiger charge is 2.12. The Balaban J connectivity index is 2.45. The van der Waals surface area contributed by atoms with Gasteiger partial charge in [0.05, 0.1) is 6.54 Å². The Bertz CT molecular complexity index is 476. The number of nitrogens with zero attached hydrogens (tertiary/aromatic N) is 1. The Hall–Kier alpha value is -1.68. The molecule has 0 radical (unpaired) electrons. The maximum absolute atomic E-state index is 12.8. The zero-order valence-electron chi connectivity index (χ0n) is 9.03. The van der Waals surface area contributed by atoms with E-state index in [1.54, 1.807) is 12.1 Å². The van der Waals surface area contributed by atoms with Crippen LogP contribution in [0.3, 0.4) is 0 Å². The van der Waals surface area contributed by atoms with Crippen molar-refractivity contribution in [3.8, 4) is 11.3 Å². The van der Waals surface area contributed by atoms with E-state index in [2.05, 4.69) is 4.98 Å². The minimum absolute atomic E-state index is 0.260. The summed E-state index contributed by atoms with van der Waals surface area (Å²) < 4.78 is 18.3. The fraction of sp³-hybridized carbons (Fsp3) is 0.250. The summed E-state index contributed by atoms with van der Waals surface area (Å²) in [6.07, 6.45) is 0.736. The van der Waals surface area contributed by atoms with Crippen molar-refractivity contribution in [2.24, 2.45) is 5.73 Å². The van der Waals surface area contributed by atoms with Gasteiger partial charge in [-0.25, -0.2) is 9.37 Å². The molecule has 0 saturated carbocycles. The quantitative estimate of drug-likeness (QED) is 0.864. The first-order valence-electron chi connectivity index (χ1n) is 5.19. The van der Waals surface area contributed by atoms with Gasteiger partial charge in [-0.3, -0.25) is 0 Å². The highest BCUT2D eigenvalue weighted by atomic mass is 19.1. The average Bonchev–Trinajstić information content (AvgIpc) is 2.73. The SMILES string of the molecule is CCc1oc(CN)nc1-c1ccc(F)cc1. The van der Waals surface area contributed by atoms with Crippen LogP contribution in [0, 0.1) is 5.82 Å². The Kier molecular flexibility index (Phi) is 3.01. The first kappa shape index (κ1) is 10.8. The molecule has 84 valence electrons. The van der Waals surface area contributed by atoms with Crippen LogP contribution in [0.4, 0.5) is 4.39 Å². The second-order valence-corrected chi connectivity index (χ2v) is 3.44. The van der Waals surface area contributed by atoms with Gasteiger partial charge in [0, 0.05) is 12.0 Å². The lowest BCUT2D eigenvalue weighted by atomic mass is 10.1. The average molecular weight is 220 g/mol. The number of hydrogen-bond acceptors (Lipinski definition) is 3. The molecule has 1 heterocycles. The Labute approximate surface area is 93.1 Å². The van der Waals surface area contributed by atoms with Crippen molar-refractivity contribution in [1.82, 2.24) is 4.98 Å². The van der Waals surface area contributed by atoms with Crippen molar-refractivity contribution in [2.75, 3.05) is 0 Å². The van der Waals surface area contributed by atoms with Crippen LogP contribution in [-0.2, 0) is 13.0 Å².